The minimum atomic E-state index is -1.04. The third-order valence-corrected chi connectivity index (χ3v) is 6.36. The molecule has 1 saturated heterocycles. The van der Waals surface area contributed by atoms with Gasteiger partial charge in [0.15, 0.2) is 0 Å². The lowest BCUT2D eigenvalue weighted by molar-refractivity contribution is 0.0698. The Labute approximate surface area is 183 Å². The third kappa shape index (κ3) is 4.39. The average Bonchev–Trinajstić information content (AvgIpc) is 2.99. The SMILES string of the molecule is O=C(O)c1cc(Cl)ccc1Nc1c(N2CCCSCC2)cnc2ccc(Cl)cc12. The third-order valence-electron chi connectivity index (χ3n) is 4.84. The summed E-state index contributed by atoms with van der Waals surface area (Å²) in [6, 6.07) is 10.3. The lowest BCUT2D eigenvalue weighted by Crippen LogP contribution is -2.26. The van der Waals surface area contributed by atoms with Crippen molar-refractivity contribution in [1.82, 2.24) is 4.98 Å². The van der Waals surface area contributed by atoms with Gasteiger partial charge in [0.1, 0.15) is 0 Å². The van der Waals surface area contributed by atoms with E-state index in [1.807, 2.05) is 30.1 Å². The van der Waals surface area contributed by atoms with Crippen LogP contribution < -0.4 is 10.2 Å². The van der Waals surface area contributed by atoms with Gasteiger partial charge in [0, 0.05) is 34.3 Å². The van der Waals surface area contributed by atoms with E-state index in [1.165, 1.54) is 6.07 Å². The number of carboxylic acid groups (broad SMARTS) is 1. The van der Waals surface area contributed by atoms with Crippen LogP contribution in [0.4, 0.5) is 17.1 Å². The highest BCUT2D eigenvalue weighted by Gasteiger charge is 2.19. The van der Waals surface area contributed by atoms with Crippen molar-refractivity contribution in [1.29, 1.82) is 0 Å². The van der Waals surface area contributed by atoms with E-state index < -0.39 is 5.97 Å². The predicted molar refractivity (Wildman–Crippen MR) is 123 cm³/mol. The molecule has 150 valence electrons. The molecule has 0 radical (unpaired) electrons. The topological polar surface area (TPSA) is 65.5 Å². The first-order chi connectivity index (χ1) is 14.0. The number of aromatic carboxylic acids is 1. The summed E-state index contributed by atoms with van der Waals surface area (Å²) in [5, 5.41) is 14.8. The van der Waals surface area contributed by atoms with E-state index in [1.54, 1.807) is 18.2 Å². The van der Waals surface area contributed by atoms with E-state index in [-0.39, 0.29) is 5.56 Å². The van der Waals surface area contributed by atoms with Crippen molar-refractivity contribution in [2.75, 3.05) is 34.8 Å². The number of halogens is 2. The Bertz CT molecular complexity index is 1070. The van der Waals surface area contributed by atoms with Crippen LogP contribution in [0.5, 0.6) is 0 Å². The number of nitrogens with one attached hydrogen (secondary N) is 1. The van der Waals surface area contributed by atoms with Gasteiger partial charge in [-0.3, -0.25) is 4.98 Å². The first-order valence-corrected chi connectivity index (χ1v) is 11.1. The van der Waals surface area contributed by atoms with Gasteiger partial charge in [-0.05, 0) is 48.6 Å². The van der Waals surface area contributed by atoms with E-state index in [4.69, 9.17) is 23.2 Å². The summed E-state index contributed by atoms with van der Waals surface area (Å²) in [7, 11) is 0. The van der Waals surface area contributed by atoms with Crippen molar-refractivity contribution in [2.45, 2.75) is 6.42 Å². The molecule has 0 saturated carbocycles. The van der Waals surface area contributed by atoms with Crippen LogP contribution >= 0.6 is 35.0 Å². The summed E-state index contributed by atoms with van der Waals surface area (Å²) in [5.74, 6) is 1.12. The molecule has 0 amide bonds. The minimum absolute atomic E-state index is 0.113. The first kappa shape index (κ1) is 20.1. The number of benzene rings is 2. The summed E-state index contributed by atoms with van der Waals surface area (Å²) < 4.78 is 0. The van der Waals surface area contributed by atoms with Crippen molar-refractivity contribution in [2.24, 2.45) is 0 Å². The normalized spacial score (nSPS) is 14.6. The Morgan fingerprint density at radius 1 is 1.10 bits per heavy atom. The maximum absolute atomic E-state index is 11.8. The fraction of sp³-hybridized carbons (Fsp3) is 0.238. The Morgan fingerprint density at radius 2 is 1.90 bits per heavy atom. The molecule has 5 nitrogen and oxygen atoms in total. The van der Waals surface area contributed by atoms with Crippen LogP contribution in [0.2, 0.25) is 10.0 Å². The quantitative estimate of drug-likeness (QED) is 0.516. The second-order valence-corrected chi connectivity index (χ2v) is 8.85. The highest BCUT2D eigenvalue weighted by Crippen LogP contribution is 2.38. The zero-order valence-electron chi connectivity index (χ0n) is 15.5. The van der Waals surface area contributed by atoms with E-state index in [2.05, 4.69) is 15.2 Å². The molecule has 1 aliphatic rings. The average molecular weight is 448 g/mol. The van der Waals surface area contributed by atoms with E-state index in [0.717, 1.165) is 53.3 Å². The smallest absolute Gasteiger partial charge is 0.337 e. The van der Waals surface area contributed by atoms with Crippen molar-refractivity contribution in [3.8, 4) is 0 Å². The lowest BCUT2D eigenvalue weighted by atomic mass is 10.1. The van der Waals surface area contributed by atoms with Gasteiger partial charge in [0.05, 0.1) is 34.3 Å². The van der Waals surface area contributed by atoms with Crippen molar-refractivity contribution in [3.05, 3.63) is 58.2 Å². The van der Waals surface area contributed by atoms with Crippen LogP contribution in [-0.2, 0) is 0 Å². The molecule has 0 bridgehead atoms. The number of thioether (sulfide) groups is 1. The number of hydrogen-bond donors (Lipinski definition) is 2. The first-order valence-electron chi connectivity index (χ1n) is 9.24. The zero-order chi connectivity index (χ0) is 20.4. The van der Waals surface area contributed by atoms with Crippen LogP contribution in [0.15, 0.2) is 42.6 Å². The van der Waals surface area contributed by atoms with Crippen molar-refractivity contribution < 1.29 is 9.90 Å². The van der Waals surface area contributed by atoms with E-state index >= 15 is 0 Å². The number of carboxylic acids is 1. The van der Waals surface area contributed by atoms with Crippen LogP contribution in [-0.4, -0.2) is 40.7 Å². The van der Waals surface area contributed by atoms with Gasteiger partial charge in [-0.2, -0.15) is 11.8 Å². The molecule has 2 N–H and O–H groups in total. The predicted octanol–water partition coefficient (Wildman–Crippen LogP) is 5.93. The van der Waals surface area contributed by atoms with Gasteiger partial charge >= 0.3 is 5.97 Å². The summed E-state index contributed by atoms with van der Waals surface area (Å²) in [6.45, 7) is 1.82. The molecule has 0 atom stereocenters. The minimum Gasteiger partial charge on any atom is -0.478 e. The largest absolute Gasteiger partial charge is 0.478 e. The molecule has 29 heavy (non-hydrogen) atoms. The van der Waals surface area contributed by atoms with Gasteiger partial charge < -0.3 is 15.3 Å². The second-order valence-electron chi connectivity index (χ2n) is 6.75. The molecule has 2 aromatic carbocycles. The monoisotopic (exact) mass is 447 g/mol. The maximum Gasteiger partial charge on any atom is 0.337 e. The molecule has 1 aliphatic heterocycles. The van der Waals surface area contributed by atoms with E-state index in [9.17, 15) is 9.90 Å². The maximum atomic E-state index is 11.8. The van der Waals surface area contributed by atoms with Gasteiger partial charge in [0.25, 0.3) is 0 Å². The molecule has 4 rings (SSSR count). The molecule has 1 fully saturated rings. The number of carbonyl (C=O) groups is 1. The number of rotatable bonds is 4. The fourth-order valence-corrected chi connectivity index (χ4v) is 4.68. The molecular weight excluding hydrogens is 429 g/mol. The number of aromatic nitrogens is 1. The van der Waals surface area contributed by atoms with Gasteiger partial charge in [-0.25, -0.2) is 4.79 Å². The molecule has 0 spiro atoms. The summed E-state index contributed by atoms with van der Waals surface area (Å²) in [4.78, 5) is 18.7. The number of pyridine rings is 1. The van der Waals surface area contributed by atoms with Crippen LogP contribution in [0.3, 0.4) is 0 Å². The van der Waals surface area contributed by atoms with Crippen LogP contribution in [0.1, 0.15) is 16.8 Å². The Balaban J connectivity index is 1.88. The number of anilines is 3. The fourth-order valence-electron chi connectivity index (χ4n) is 3.45. The van der Waals surface area contributed by atoms with Gasteiger partial charge in [-0.1, -0.05) is 23.2 Å². The number of fused-ring (bicyclic) bond motifs is 1. The summed E-state index contributed by atoms with van der Waals surface area (Å²) >= 11 is 14.2. The van der Waals surface area contributed by atoms with Crippen LogP contribution in [0, 0.1) is 0 Å². The Hall–Kier alpha value is -2.15. The molecule has 2 heterocycles. The molecule has 3 aromatic rings. The molecule has 8 heteroatoms. The lowest BCUT2D eigenvalue weighted by Gasteiger charge is -2.26. The highest BCUT2D eigenvalue weighted by molar-refractivity contribution is 7.99. The number of nitrogens with zero attached hydrogens (tertiary/aromatic N) is 2. The molecule has 0 aliphatic carbocycles. The Morgan fingerprint density at radius 3 is 2.72 bits per heavy atom. The Kier molecular flexibility index (Phi) is 6.04. The number of hydrogen-bond acceptors (Lipinski definition) is 5. The molecular formula is C21H19Cl2N3O2S. The van der Waals surface area contributed by atoms with Crippen molar-refractivity contribution in [3.63, 3.8) is 0 Å². The highest BCUT2D eigenvalue weighted by atomic mass is 35.5. The zero-order valence-corrected chi connectivity index (χ0v) is 17.8. The summed E-state index contributed by atoms with van der Waals surface area (Å²) in [6.07, 6.45) is 2.93. The van der Waals surface area contributed by atoms with E-state index in [0.29, 0.717) is 15.7 Å². The van der Waals surface area contributed by atoms with Crippen LogP contribution in [0.25, 0.3) is 10.9 Å². The molecule has 0 unspecified atom stereocenters. The van der Waals surface area contributed by atoms with Gasteiger partial charge in [-0.15, -0.1) is 0 Å². The standard InChI is InChI=1S/C21H19Cl2N3O2S/c22-13-2-4-17-15(10-13)20(19(12-24-17)26-6-1-8-29-9-7-26)25-18-5-3-14(23)11-16(18)21(27)28/h2-5,10-12H,1,6-9H2,(H,24,25)(H,27,28). The van der Waals surface area contributed by atoms with Gasteiger partial charge in [0.2, 0.25) is 0 Å². The van der Waals surface area contributed by atoms with Crippen molar-refractivity contribution >= 4 is 68.9 Å². The second kappa shape index (κ2) is 8.69. The summed E-state index contributed by atoms with van der Waals surface area (Å²) in [5.41, 5.74) is 3.11. The molecule has 1 aromatic heterocycles.